The molecular weight excluding hydrogens is 242 g/mol. The zero-order chi connectivity index (χ0) is 13.2. The third kappa shape index (κ3) is 2.85. The van der Waals surface area contributed by atoms with Crippen LogP contribution in [-0.2, 0) is 6.54 Å². The Kier molecular flexibility index (Phi) is 3.35. The fourth-order valence-corrected chi connectivity index (χ4v) is 2.47. The van der Waals surface area contributed by atoms with Gasteiger partial charge in [-0.3, -0.25) is 14.3 Å². The Morgan fingerprint density at radius 2 is 2.21 bits per heavy atom. The SMILES string of the molecule is Cc1cnn(C2CN(CC(O)Cn3cccn3)C2)c1. The van der Waals surface area contributed by atoms with Gasteiger partial charge in [-0.25, -0.2) is 0 Å². The smallest absolute Gasteiger partial charge is 0.0862 e. The summed E-state index contributed by atoms with van der Waals surface area (Å²) in [6.07, 6.45) is 7.18. The summed E-state index contributed by atoms with van der Waals surface area (Å²) >= 11 is 0. The molecule has 2 aromatic rings. The zero-order valence-electron chi connectivity index (χ0n) is 11.1. The first-order valence-corrected chi connectivity index (χ1v) is 6.59. The summed E-state index contributed by atoms with van der Waals surface area (Å²) in [7, 11) is 0. The van der Waals surface area contributed by atoms with Crippen LogP contribution < -0.4 is 0 Å². The average molecular weight is 261 g/mol. The molecule has 1 atom stereocenters. The molecular formula is C13H19N5O. The first-order chi connectivity index (χ1) is 9.20. The number of rotatable bonds is 5. The molecule has 0 radical (unpaired) electrons. The van der Waals surface area contributed by atoms with Gasteiger partial charge in [0.15, 0.2) is 0 Å². The van der Waals surface area contributed by atoms with E-state index in [0.29, 0.717) is 19.1 Å². The summed E-state index contributed by atoms with van der Waals surface area (Å²) in [5, 5.41) is 18.4. The summed E-state index contributed by atoms with van der Waals surface area (Å²) in [5.41, 5.74) is 1.19. The van der Waals surface area contributed by atoms with Gasteiger partial charge < -0.3 is 5.11 Å². The van der Waals surface area contributed by atoms with Gasteiger partial charge in [0.2, 0.25) is 0 Å². The Labute approximate surface area is 112 Å². The molecule has 2 aromatic heterocycles. The first kappa shape index (κ1) is 12.4. The number of nitrogens with zero attached hydrogens (tertiary/aromatic N) is 5. The van der Waals surface area contributed by atoms with Crippen LogP contribution in [-0.4, -0.2) is 55.3 Å². The second-order valence-corrected chi connectivity index (χ2v) is 5.25. The molecule has 0 spiro atoms. The van der Waals surface area contributed by atoms with Crippen molar-refractivity contribution < 1.29 is 5.11 Å². The van der Waals surface area contributed by atoms with E-state index in [2.05, 4.69) is 21.3 Å². The summed E-state index contributed by atoms with van der Waals surface area (Å²) in [6.45, 7) is 5.20. The van der Waals surface area contributed by atoms with Crippen molar-refractivity contribution in [3.63, 3.8) is 0 Å². The van der Waals surface area contributed by atoms with E-state index in [-0.39, 0.29) is 6.10 Å². The van der Waals surface area contributed by atoms with E-state index < -0.39 is 0 Å². The molecule has 6 nitrogen and oxygen atoms in total. The third-order valence-corrected chi connectivity index (χ3v) is 3.47. The summed E-state index contributed by atoms with van der Waals surface area (Å²) in [6, 6.07) is 2.32. The minimum absolute atomic E-state index is 0.375. The average Bonchev–Trinajstić information content (AvgIpc) is 2.94. The van der Waals surface area contributed by atoms with Gasteiger partial charge in [0.05, 0.1) is 24.9 Å². The van der Waals surface area contributed by atoms with Crippen molar-refractivity contribution in [3.8, 4) is 0 Å². The second kappa shape index (κ2) is 5.14. The van der Waals surface area contributed by atoms with Gasteiger partial charge in [0.25, 0.3) is 0 Å². The van der Waals surface area contributed by atoms with Crippen molar-refractivity contribution in [2.75, 3.05) is 19.6 Å². The van der Waals surface area contributed by atoms with E-state index in [0.717, 1.165) is 13.1 Å². The summed E-state index contributed by atoms with van der Waals surface area (Å²) in [4.78, 5) is 2.25. The lowest BCUT2D eigenvalue weighted by molar-refractivity contribution is 0.0325. The van der Waals surface area contributed by atoms with Crippen LogP contribution in [0.2, 0.25) is 0 Å². The topological polar surface area (TPSA) is 59.1 Å². The van der Waals surface area contributed by atoms with E-state index in [1.54, 1.807) is 10.9 Å². The second-order valence-electron chi connectivity index (χ2n) is 5.25. The number of aliphatic hydroxyl groups is 1. The predicted octanol–water partition coefficient (Wildman–Crippen LogP) is 0.306. The van der Waals surface area contributed by atoms with E-state index in [1.165, 1.54) is 5.56 Å². The van der Waals surface area contributed by atoms with Gasteiger partial charge in [-0.15, -0.1) is 0 Å². The Bertz CT molecular complexity index is 515. The fraction of sp³-hybridized carbons (Fsp3) is 0.538. The van der Waals surface area contributed by atoms with Crippen LogP contribution in [0, 0.1) is 6.92 Å². The number of likely N-dealkylation sites (tertiary alicyclic amines) is 1. The van der Waals surface area contributed by atoms with Gasteiger partial charge in [0.1, 0.15) is 0 Å². The highest BCUT2D eigenvalue weighted by molar-refractivity contribution is 5.02. The quantitative estimate of drug-likeness (QED) is 0.841. The molecule has 3 rings (SSSR count). The van der Waals surface area contributed by atoms with Gasteiger partial charge in [-0.05, 0) is 18.6 Å². The van der Waals surface area contributed by atoms with Crippen LogP contribution >= 0.6 is 0 Å². The molecule has 102 valence electrons. The predicted molar refractivity (Wildman–Crippen MR) is 70.7 cm³/mol. The molecule has 1 fully saturated rings. The van der Waals surface area contributed by atoms with Crippen LogP contribution in [0.3, 0.4) is 0 Å². The molecule has 0 aromatic carbocycles. The maximum atomic E-state index is 9.99. The van der Waals surface area contributed by atoms with E-state index in [1.807, 2.05) is 30.1 Å². The van der Waals surface area contributed by atoms with Crippen molar-refractivity contribution in [3.05, 3.63) is 36.4 Å². The van der Waals surface area contributed by atoms with Crippen LogP contribution in [0.4, 0.5) is 0 Å². The molecule has 1 aliphatic rings. The van der Waals surface area contributed by atoms with Gasteiger partial charge in [-0.1, -0.05) is 0 Å². The Hall–Kier alpha value is -1.66. The molecule has 0 bridgehead atoms. The molecule has 1 aliphatic heterocycles. The van der Waals surface area contributed by atoms with Crippen molar-refractivity contribution >= 4 is 0 Å². The lowest BCUT2D eigenvalue weighted by atomic mass is 10.1. The maximum absolute atomic E-state index is 9.99. The van der Waals surface area contributed by atoms with Crippen molar-refractivity contribution in [1.29, 1.82) is 0 Å². The third-order valence-electron chi connectivity index (χ3n) is 3.47. The van der Waals surface area contributed by atoms with Crippen LogP contribution in [0.25, 0.3) is 0 Å². The van der Waals surface area contributed by atoms with Crippen LogP contribution in [0.1, 0.15) is 11.6 Å². The Morgan fingerprint density at radius 3 is 2.84 bits per heavy atom. The highest BCUT2D eigenvalue weighted by Crippen LogP contribution is 2.20. The summed E-state index contributed by atoms with van der Waals surface area (Å²) < 4.78 is 3.78. The fourth-order valence-electron chi connectivity index (χ4n) is 2.47. The molecule has 1 N–H and O–H groups in total. The minimum atomic E-state index is -0.375. The monoisotopic (exact) mass is 261 g/mol. The van der Waals surface area contributed by atoms with E-state index in [4.69, 9.17) is 0 Å². The number of aliphatic hydroxyl groups excluding tert-OH is 1. The van der Waals surface area contributed by atoms with E-state index >= 15 is 0 Å². The van der Waals surface area contributed by atoms with Crippen LogP contribution in [0.15, 0.2) is 30.9 Å². The van der Waals surface area contributed by atoms with Gasteiger partial charge in [0, 0.05) is 38.2 Å². The molecule has 0 amide bonds. The van der Waals surface area contributed by atoms with Crippen molar-refractivity contribution in [2.45, 2.75) is 25.6 Å². The number of β-amino-alcohol motifs (C(OH)–C–C–N with tert-alkyl or cyclic N) is 1. The number of hydrogen-bond donors (Lipinski definition) is 1. The molecule has 6 heteroatoms. The Balaban J connectivity index is 1.44. The highest BCUT2D eigenvalue weighted by atomic mass is 16.3. The molecule has 19 heavy (non-hydrogen) atoms. The van der Waals surface area contributed by atoms with E-state index in [9.17, 15) is 5.11 Å². The zero-order valence-corrected chi connectivity index (χ0v) is 11.1. The number of aryl methyl sites for hydroxylation is 1. The molecule has 1 unspecified atom stereocenters. The Morgan fingerprint density at radius 1 is 1.37 bits per heavy atom. The van der Waals surface area contributed by atoms with Gasteiger partial charge >= 0.3 is 0 Å². The lowest BCUT2D eigenvalue weighted by Crippen LogP contribution is -2.51. The van der Waals surface area contributed by atoms with Crippen molar-refractivity contribution in [2.24, 2.45) is 0 Å². The minimum Gasteiger partial charge on any atom is -0.390 e. The van der Waals surface area contributed by atoms with Crippen LogP contribution in [0.5, 0.6) is 0 Å². The number of hydrogen-bond acceptors (Lipinski definition) is 4. The molecule has 0 aliphatic carbocycles. The first-order valence-electron chi connectivity index (χ1n) is 6.59. The maximum Gasteiger partial charge on any atom is 0.0862 e. The molecule has 1 saturated heterocycles. The highest BCUT2D eigenvalue weighted by Gasteiger charge is 2.29. The van der Waals surface area contributed by atoms with Crippen molar-refractivity contribution in [1.82, 2.24) is 24.5 Å². The molecule has 3 heterocycles. The summed E-state index contributed by atoms with van der Waals surface area (Å²) in [5.74, 6) is 0. The largest absolute Gasteiger partial charge is 0.390 e. The molecule has 0 saturated carbocycles. The van der Waals surface area contributed by atoms with Gasteiger partial charge in [-0.2, -0.15) is 10.2 Å². The number of aromatic nitrogens is 4. The lowest BCUT2D eigenvalue weighted by Gasteiger charge is -2.40. The standard InChI is InChI=1S/C13H19N5O/c1-11-5-15-18(6-11)12-7-16(8-12)9-13(19)10-17-4-2-3-14-17/h2-6,12-13,19H,7-10H2,1H3. The normalized spacial score (nSPS) is 18.4.